The van der Waals surface area contributed by atoms with Crippen molar-refractivity contribution in [3.63, 3.8) is 0 Å². The number of anilines is 1. The molecule has 2 heterocycles. The number of halogens is 1. The summed E-state index contributed by atoms with van der Waals surface area (Å²) in [6, 6.07) is 6.70. The van der Waals surface area contributed by atoms with E-state index in [1.54, 1.807) is 43.6 Å². The normalized spacial score (nSPS) is 11.7. The molecule has 8 nitrogen and oxygen atoms in total. The Morgan fingerprint density at radius 3 is 2.57 bits per heavy atom. The van der Waals surface area contributed by atoms with Crippen LogP contribution in [0.5, 0.6) is 11.5 Å². The number of pyridine rings is 1. The Bertz CT molecular complexity index is 967. The summed E-state index contributed by atoms with van der Waals surface area (Å²) in [6.07, 6.45) is 3.27. The predicted molar refractivity (Wildman–Crippen MR) is 106 cm³/mol. The molecular weight excluding hydrogens is 404 g/mol. The smallest absolute Gasteiger partial charge is 0.277 e. The first-order valence-electron chi connectivity index (χ1n) is 8.14. The van der Waals surface area contributed by atoms with Crippen molar-refractivity contribution in [3.05, 3.63) is 41.7 Å². The molecule has 28 heavy (non-hydrogen) atoms. The molecule has 0 spiro atoms. The molecular formula is C18H17ClN4O4S. The monoisotopic (exact) mass is 420 g/mol. The van der Waals surface area contributed by atoms with Gasteiger partial charge in [0.2, 0.25) is 11.8 Å². The lowest BCUT2D eigenvalue weighted by Gasteiger charge is -2.15. The second kappa shape index (κ2) is 8.94. The van der Waals surface area contributed by atoms with Gasteiger partial charge in [-0.05, 0) is 25.1 Å². The van der Waals surface area contributed by atoms with Gasteiger partial charge in [0.05, 0.1) is 30.2 Å². The van der Waals surface area contributed by atoms with Crippen LogP contribution in [-0.2, 0) is 4.79 Å². The standard InChI is InChI=1S/C18H17ClN4O4S/c1-10(28-18-23-22-17(27-18)11-4-6-20-7-5-11)16(24)21-13-8-12(19)14(25-2)9-15(13)26-3/h4-10H,1-3H3,(H,21,24). The number of hydrogen-bond acceptors (Lipinski definition) is 8. The van der Waals surface area contributed by atoms with Crippen molar-refractivity contribution < 1.29 is 18.7 Å². The first kappa shape index (κ1) is 20.0. The van der Waals surface area contributed by atoms with E-state index in [2.05, 4.69) is 20.5 Å². The summed E-state index contributed by atoms with van der Waals surface area (Å²) in [6.45, 7) is 1.73. The van der Waals surface area contributed by atoms with E-state index in [1.165, 1.54) is 14.2 Å². The van der Waals surface area contributed by atoms with Crippen LogP contribution < -0.4 is 14.8 Å². The van der Waals surface area contributed by atoms with Crippen LogP contribution in [0.1, 0.15) is 6.92 Å². The predicted octanol–water partition coefficient (Wildman–Crippen LogP) is 3.92. The van der Waals surface area contributed by atoms with E-state index in [1.807, 2.05) is 0 Å². The highest BCUT2D eigenvalue weighted by Crippen LogP contribution is 2.36. The summed E-state index contributed by atoms with van der Waals surface area (Å²) in [5.74, 6) is 0.979. The second-order valence-corrected chi connectivity index (χ2v) is 7.24. The Morgan fingerprint density at radius 2 is 1.89 bits per heavy atom. The number of aromatic nitrogens is 3. The minimum atomic E-state index is -0.503. The molecule has 0 aliphatic rings. The summed E-state index contributed by atoms with van der Waals surface area (Å²) in [7, 11) is 3.00. The van der Waals surface area contributed by atoms with Crippen LogP contribution in [0.3, 0.4) is 0 Å². The maximum absolute atomic E-state index is 12.6. The van der Waals surface area contributed by atoms with E-state index < -0.39 is 5.25 Å². The Kier molecular flexibility index (Phi) is 6.37. The zero-order valence-corrected chi connectivity index (χ0v) is 16.9. The van der Waals surface area contributed by atoms with Crippen molar-refractivity contribution in [2.24, 2.45) is 0 Å². The summed E-state index contributed by atoms with van der Waals surface area (Å²) in [5, 5.41) is 10.9. The van der Waals surface area contributed by atoms with Gasteiger partial charge >= 0.3 is 0 Å². The first-order valence-corrected chi connectivity index (χ1v) is 9.40. The van der Waals surface area contributed by atoms with Gasteiger partial charge in [0, 0.05) is 24.0 Å². The summed E-state index contributed by atoms with van der Waals surface area (Å²) in [4.78, 5) is 16.5. The van der Waals surface area contributed by atoms with E-state index in [-0.39, 0.29) is 11.1 Å². The fraction of sp³-hybridized carbons (Fsp3) is 0.222. The van der Waals surface area contributed by atoms with Crippen molar-refractivity contribution in [2.75, 3.05) is 19.5 Å². The van der Waals surface area contributed by atoms with Gasteiger partial charge in [-0.1, -0.05) is 23.4 Å². The molecule has 0 saturated heterocycles. The molecule has 10 heteroatoms. The van der Waals surface area contributed by atoms with Gasteiger partial charge in [-0.2, -0.15) is 0 Å². The number of methoxy groups -OCH3 is 2. The molecule has 1 unspecified atom stereocenters. The van der Waals surface area contributed by atoms with E-state index in [4.69, 9.17) is 25.5 Å². The average Bonchev–Trinajstić information content (AvgIpc) is 3.17. The van der Waals surface area contributed by atoms with Crippen molar-refractivity contribution in [3.8, 4) is 23.0 Å². The highest BCUT2D eigenvalue weighted by molar-refractivity contribution is 8.00. The molecule has 2 aromatic heterocycles. The lowest BCUT2D eigenvalue weighted by Crippen LogP contribution is -2.22. The fourth-order valence-corrected chi connectivity index (χ4v) is 3.19. The first-order chi connectivity index (χ1) is 13.5. The van der Waals surface area contributed by atoms with Crippen molar-refractivity contribution >= 4 is 35.0 Å². The average molecular weight is 421 g/mol. The molecule has 0 aliphatic carbocycles. The molecule has 0 bridgehead atoms. The van der Waals surface area contributed by atoms with Gasteiger partial charge in [0.25, 0.3) is 5.22 Å². The molecule has 0 fully saturated rings. The molecule has 146 valence electrons. The maximum Gasteiger partial charge on any atom is 0.277 e. The Labute approximate surface area is 170 Å². The van der Waals surface area contributed by atoms with E-state index in [0.29, 0.717) is 28.1 Å². The largest absolute Gasteiger partial charge is 0.495 e. The van der Waals surface area contributed by atoms with Gasteiger partial charge < -0.3 is 19.2 Å². The quantitative estimate of drug-likeness (QED) is 0.574. The molecule has 0 radical (unpaired) electrons. The highest BCUT2D eigenvalue weighted by Gasteiger charge is 2.21. The fourth-order valence-electron chi connectivity index (χ4n) is 2.27. The number of ether oxygens (including phenoxy) is 2. The molecule has 1 aromatic carbocycles. The number of rotatable bonds is 7. The lowest BCUT2D eigenvalue weighted by atomic mass is 10.2. The van der Waals surface area contributed by atoms with E-state index >= 15 is 0 Å². The van der Waals surface area contributed by atoms with Crippen LogP contribution in [-0.4, -0.2) is 40.6 Å². The minimum absolute atomic E-state index is 0.270. The number of nitrogens with one attached hydrogen (secondary N) is 1. The van der Waals surface area contributed by atoms with Crippen molar-refractivity contribution in [2.45, 2.75) is 17.4 Å². The van der Waals surface area contributed by atoms with Crippen LogP contribution in [0.4, 0.5) is 5.69 Å². The Morgan fingerprint density at radius 1 is 1.18 bits per heavy atom. The summed E-state index contributed by atoms with van der Waals surface area (Å²) in [5.41, 5.74) is 1.19. The number of amides is 1. The number of benzene rings is 1. The zero-order chi connectivity index (χ0) is 20.1. The maximum atomic E-state index is 12.6. The Hall–Kier alpha value is -2.78. The number of nitrogens with zero attached hydrogens (tertiary/aromatic N) is 3. The molecule has 3 rings (SSSR count). The van der Waals surface area contributed by atoms with E-state index in [9.17, 15) is 4.79 Å². The topological polar surface area (TPSA) is 99.4 Å². The second-order valence-electron chi connectivity index (χ2n) is 5.55. The van der Waals surface area contributed by atoms with Gasteiger partial charge in [-0.15, -0.1) is 10.2 Å². The van der Waals surface area contributed by atoms with Crippen LogP contribution in [0.15, 0.2) is 46.3 Å². The molecule has 1 atom stereocenters. The number of carbonyl (C=O) groups excluding carboxylic acids is 1. The number of carbonyl (C=O) groups is 1. The highest BCUT2D eigenvalue weighted by atomic mass is 35.5. The van der Waals surface area contributed by atoms with Crippen molar-refractivity contribution in [1.82, 2.24) is 15.2 Å². The summed E-state index contributed by atoms with van der Waals surface area (Å²) < 4.78 is 16.0. The van der Waals surface area contributed by atoms with Crippen LogP contribution in [0, 0.1) is 0 Å². The third kappa shape index (κ3) is 4.55. The zero-order valence-electron chi connectivity index (χ0n) is 15.3. The number of hydrogen-bond donors (Lipinski definition) is 1. The van der Waals surface area contributed by atoms with Crippen LogP contribution in [0.25, 0.3) is 11.5 Å². The SMILES string of the molecule is COc1cc(OC)c(NC(=O)C(C)Sc2nnc(-c3ccncc3)o2)cc1Cl. The third-order valence-corrected chi connectivity index (χ3v) is 4.94. The number of thioether (sulfide) groups is 1. The molecule has 1 amide bonds. The molecule has 0 saturated carbocycles. The van der Waals surface area contributed by atoms with Gasteiger partial charge in [-0.25, -0.2) is 0 Å². The van der Waals surface area contributed by atoms with Crippen LogP contribution >= 0.6 is 23.4 Å². The van der Waals surface area contributed by atoms with E-state index in [0.717, 1.165) is 17.3 Å². The lowest BCUT2D eigenvalue weighted by molar-refractivity contribution is -0.115. The Balaban J connectivity index is 1.69. The van der Waals surface area contributed by atoms with Crippen molar-refractivity contribution in [1.29, 1.82) is 0 Å². The van der Waals surface area contributed by atoms with Gasteiger partial charge in [0.15, 0.2) is 0 Å². The third-order valence-electron chi connectivity index (χ3n) is 3.71. The molecule has 1 N–H and O–H groups in total. The van der Waals surface area contributed by atoms with Gasteiger partial charge in [0.1, 0.15) is 11.5 Å². The van der Waals surface area contributed by atoms with Gasteiger partial charge in [-0.3, -0.25) is 9.78 Å². The summed E-state index contributed by atoms with van der Waals surface area (Å²) >= 11 is 7.28. The molecule has 0 aliphatic heterocycles. The molecule has 3 aromatic rings. The van der Waals surface area contributed by atoms with Crippen LogP contribution in [0.2, 0.25) is 5.02 Å². The minimum Gasteiger partial charge on any atom is -0.495 e.